The second-order valence-electron chi connectivity index (χ2n) is 2.32. The molecule has 0 fully saturated rings. The van der Waals surface area contributed by atoms with Crippen LogP contribution in [0, 0.1) is 5.92 Å². The molecule has 0 aliphatic rings. The minimum absolute atomic E-state index is 0.0815. The molecular weight excluding hydrogens is 160 g/mol. The molecule has 0 radical (unpaired) electrons. The average molecular weight is 179 g/mol. The second-order valence-corrected chi connectivity index (χ2v) is 2.32. The molecule has 12 heavy (non-hydrogen) atoms. The Labute approximate surface area is 78.2 Å². The Hall–Kier alpha value is -1.06. The first-order chi connectivity index (χ1) is 7.50. The maximum Gasteiger partial charge on any atom is 0.306 e. The molecule has 1 unspecified atom stereocenters. The highest BCUT2D eigenvalue weighted by molar-refractivity contribution is 5.70. The van der Waals surface area contributed by atoms with Gasteiger partial charge in [0.15, 0.2) is 0 Å². The van der Waals surface area contributed by atoms with E-state index in [-0.39, 0.29) is 19.3 Å². The van der Waals surface area contributed by atoms with E-state index < -0.39 is 31.1 Å². The van der Waals surface area contributed by atoms with E-state index in [0.29, 0.717) is 0 Å². The van der Waals surface area contributed by atoms with Crippen LogP contribution in [-0.2, 0) is 9.59 Å². The zero-order valence-electron chi connectivity index (χ0n) is 11.4. The van der Waals surface area contributed by atoms with Crippen LogP contribution in [0.4, 0.5) is 0 Å². The summed E-state index contributed by atoms with van der Waals surface area (Å²) in [6, 6.07) is 0. The van der Waals surface area contributed by atoms with Crippen molar-refractivity contribution in [2.45, 2.75) is 32.5 Å². The van der Waals surface area contributed by atoms with E-state index in [1.807, 2.05) is 0 Å². The number of hydrogen-bond acceptors (Lipinski definition) is 2. The van der Waals surface area contributed by atoms with Crippen molar-refractivity contribution >= 4 is 11.9 Å². The first kappa shape index (κ1) is 4.84. The van der Waals surface area contributed by atoms with E-state index >= 15 is 0 Å². The predicted molar refractivity (Wildman–Crippen MR) is 42.9 cm³/mol. The summed E-state index contributed by atoms with van der Waals surface area (Å²) in [7, 11) is 0. The van der Waals surface area contributed by atoms with Gasteiger partial charge < -0.3 is 10.2 Å². The van der Waals surface area contributed by atoms with Crippen LogP contribution in [0.25, 0.3) is 0 Å². The summed E-state index contributed by atoms with van der Waals surface area (Å²) in [6.07, 6.45) is -3.60. The maximum absolute atomic E-state index is 10.8. The smallest absolute Gasteiger partial charge is 0.306 e. The minimum atomic E-state index is -3.06. The molecule has 0 aliphatic heterocycles. The van der Waals surface area contributed by atoms with Gasteiger partial charge in [0.05, 0.1) is 5.92 Å². The molecule has 1 atom stereocenters. The molecule has 0 heterocycles. The number of carboxylic acids is 2. The number of carbonyl (C=O) groups is 2. The molecule has 0 amide bonds. The predicted octanol–water partition coefficient (Wildman–Crippen LogP) is 1.35. The molecule has 0 spiro atoms. The summed E-state index contributed by atoms with van der Waals surface area (Å²) in [4.78, 5) is 21.1. The summed E-state index contributed by atoms with van der Waals surface area (Å²) in [5, 5.41) is 17.2. The van der Waals surface area contributed by atoms with Crippen LogP contribution in [0.2, 0.25) is 0 Å². The maximum atomic E-state index is 10.8. The standard InChI is InChI=1S/C8H14O4/c1-2-6(8(11)12)4-3-5-7(9)10/h6H,2-5H2,1H3,(H,9,10)(H,11,12)/i1D3,2D2. The van der Waals surface area contributed by atoms with Crippen LogP contribution in [0.15, 0.2) is 0 Å². The largest absolute Gasteiger partial charge is 0.481 e. The van der Waals surface area contributed by atoms with Crippen molar-refractivity contribution in [3.63, 3.8) is 0 Å². The third kappa shape index (κ3) is 4.71. The number of aliphatic carboxylic acids is 2. The molecule has 0 aliphatic carbocycles. The van der Waals surface area contributed by atoms with Crippen molar-refractivity contribution in [1.29, 1.82) is 0 Å². The number of hydrogen-bond donors (Lipinski definition) is 2. The highest BCUT2D eigenvalue weighted by Gasteiger charge is 2.14. The van der Waals surface area contributed by atoms with E-state index in [0.717, 1.165) is 0 Å². The van der Waals surface area contributed by atoms with Crippen LogP contribution in [0.5, 0.6) is 0 Å². The topological polar surface area (TPSA) is 74.6 Å². The normalized spacial score (nSPS) is 20.8. The van der Waals surface area contributed by atoms with Crippen molar-refractivity contribution in [2.75, 3.05) is 0 Å². The van der Waals surface area contributed by atoms with E-state index in [2.05, 4.69) is 0 Å². The average Bonchev–Trinajstić information content (AvgIpc) is 2.08. The summed E-state index contributed by atoms with van der Waals surface area (Å²) in [5.74, 6) is -4.45. The van der Waals surface area contributed by atoms with Crippen molar-refractivity contribution in [2.24, 2.45) is 5.92 Å². The number of carboxylic acid groups (broad SMARTS) is 2. The van der Waals surface area contributed by atoms with Gasteiger partial charge in [-0.15, -0.1) is 0 Å². The van der Waals surface area contributed by atoms with Crippen LogP contribution >= 0.6 is 0 Å². The van der Waals surface area contributed by atoms with E-state index in [4.69, 9.17) is 17.1 Å². The summed E-state index contributed by atoms with van der Waals surface area (Å²) in [6.45, 7) is -3.06. The van der Waals surface area contributed by atoms with Gasteiger partial charge in [-0.2, -0.15) is 0 Å². The third-order valence-electron chi connectivity index (χ3n) is 1.36. The first-order valence-corrected chi connectivity index (χ1v) is 3.44. The highest BCUT2D eigenvalue weighted by atomic mass is 16.4. The first-order valence-electron chi connectivity index (χ1n) is 5.94. The Bertz CT molecular complexity index is 299. The van der Waals surface area contributed by atoms with Gasteiger partial charge in [0, 0.05) is 13.3 Å². The lowest BCUT2D eigenvalue weighted by molar-refractivity contribution is -0.143. The molecular formula is C8H14O4. The lowest BCUT2D eigenvalue weighted by Crippen LogP contribution is -2.12. The Morgan fingerprint density at radius 1 is 1.58 bits per heavy atom. The molecule has 0 saturated heterocycles. The fraction of sp³-hybridized carbons (Fsp3) is 0.750. The zero-order valence-corrected chi connectivity index (χ0v) is 6.41. The SMILES string of the molecule is [2H]C([2H])([2H])C([2H])([2H])C(CCCC(=O)O)C(=O)O. The van der Waals surface area contributed by atoms with Gasteiger partial charge in [-0.3, -0.25) is 9.59 Å². The van der Waals surface area contributed by atoms with Gasteiger partial charge in [-0.25, -0.2) is 0 Å². The summed E-state index contributed by atoms with van der Waals surface area (Å²) < 4.78 is 35.5. The molecule has 0 saturated carbocycles. The molecule has 0 aromatic rings. The summed E-state index contributed by atoms with van der Waals surface area (Å²) >= 11 is 0. The number of rotatable bonds is 6. The van der Waals surface area contributed by atoms with E-state index in [9.17, 15) is 9.59 Å². The van der Waals surface area contributed by atoms with Crippen molar-refractivity contribution in [3.05, 3.63) is 0 Å². The van der Waals surface area contributed by atoms with Gasteiger partial charge >= 0.3 is 11.9 Å². The van der Waals surface area contributed by atoms with Gasteiger partial charge in [-0.05, 0) is 19.2 Å². The monoisotopic (exact) mass is 179 g/mol. The van der Waals surface area contributed by atoms with Gasteiger partial charge in [-0.1, -0.05) is 6.85 Å². The fourth-order valence-corrected chi connectivity index (χ4v) is 0.715. The summed E-state index contributed by atoms with van der Waals surface area (Å²) in [5.41, 5.74) is 0. The fourth-order valence-electron chi connectivity index (χ4n) is 0.715. The molecule has 2 N–H and O–H groups in total. The lowest BCUT2D eigenvalue weighted by Gasteiger charge is -2.07. The van der Waals surface area contributed by atoms with Gasteiger partial charge in [0.25, 0.3) is 0 Å². The van der Waals surface area contributed by atoms with E-state index in [1.54, 1.807) is 0 Å². The molecule has 4 nitrogen and oxygen atoms in total. The van der Waals surface area contributed by atoms with Gasteiger partial charge in [0.2, 0.25) is 0 Å². The Kier molecular flexibility index (Phi) is 2.25. The van der Waals surface area contributed by atoms with Crippen molar-refractivity contribution in [3.8, 4) is 0 Å². The Morgan fingerprint density at radius 2 is 2.25 bits per heavy atom. The Balaban J connectivity index is 4.75. The lowest BCUT2D eigenvalue weighted by atomic mass is 10.00. The van der Waals surface area contributed by atoms with Crippen molar-refractivity contribution < 1.29 is 26.7 Å². The molecule has 0 rings (SSSR count). The second kappa shape index (κ2) is 5.57. The van der Waals surface area contributed by atoms with Crippen LogP contribution < -0.4 is 0 Å². The van der Waals surface area contributed by atoms with Crippen LogP contribution in [0.3, 0.4) is 0 Å². The quantitative estimate of drug-likeness (QED) is 0.645. The van der Waals surface area contributed by atoms with Crippen molar-refractivity contribution in [1.82, 2.24) is 0 Å². The molecule has 0 aromatic heterocycles. The molecule has 0 bridgehead atoms. The minimum Gasteiger partial charge on any atom is -0.481 e. The zero-order chi connectivity index (χ0) is 13.9. The van der Waals surface area contributed by atoms with Crippen LogP contribution in [-0.4, -0.2) is 22.2 Å². The molecule has 0 aromatic carbocycles. The highest BCUT2D eigenvalue weighted by Crippen LogP contribution is 2.12. The van der Waals surface area contributed by atoms with Crippen LogP contribution in [0.1, 0.15) is 39.3 Å². The third-order valence-corrected chi connectivity index (χ3v) is 1.36. The Morgan fingerprint density at radius 3 is 2.67 bits per heavy atom. The van der Waals surface area contributed by atoms with Gasteiger partial charge in [0.1, 0.15) is 0 Å². The molecule has 70 valence electrons. The molecule has 4 heteroatoms. The van der Waals surface area contributed by atoms with E-state index in [1.165, 1.54) is 0 Å².